The number of carbonyl (C=O) groups is 1. The van der Waals surface area contributed by atoms with Crippen molar-refractivity contribution in [3.05, 3.63) is 58.6 Å². The summed E-state index contributed by atoms with van der Waals surface area (Å²) in [6.07, 6.45) is 0.691. The van der Waals surface area contributed by atoms with Crippen LogP contribution in [0.1, 0.15) is 36.0 Å². The third kappa shape index (κ3) is 5.88. The molecule has 1 aliphatic rings. The summed E-state index contributed by atoms with van der Waals surface area (Å²) in [4.78, 5) is 26.2. The fourth-order valence-electron chi connectivity index (χ4n) is 3.90. The first-order valence-corrected chi connectivity index (χ1v) is 11.0. The Hall–Kier alpha value is -3.67. The summed E-state index contributed by atoms with van der Waals surface area (Å²) in [6.45, 7) is -1.42. The zero-order valence-electron chi connectivity index (χ0n) is 18.8. The maximum absolute atomic E-state index is 13.2. The standard InChI is InChI=1S/C23H24F3N5O4/c1-30-12-15(11-27-30)31-22(34)17(21(33)28-18-4-2-3-5-20(18)32)10-19(29-31)14-6-8-16(9-7-14)35-13-23(24,25)26/h6-12,18,20,32H,2-5,13H2,1H3,(H,28,33)/t18-,20+/m1/s1. The highest BCUT2D eigenvalue weighted by molar-refractivity contribution is 5.95. The van der Waals surface area contributed by atoms with Crippen molar-refractivity contribution in [1.29, 1.82) is 0 Å². The zero-order valence-corrected chi connectivity index (χ0v) is 18.8. The van der Waals surface area contributed by atoms with E-state index in [4.69, 9.17) is 4.74 Å². The summed E-state index contributed by atoms with van der Waals surface area (Å²) in [6, 6.07) is 6.52. The van der Waals surface area contributed by atoms with Crippen molar-refractivity contribution in [2.75, 3.05) is 6.61 Å². The van der Waals surface area contributed by atoms with Crippen molar-refractivity contribution < 1.29 is 27.8 Å². The smallest absolute Gasteiger partial charge is 0.422 e. The summed E-state index contributed by atoms with van der Waals surface area (Å²) < 4.78 is 44.5. The van der Waals surface area contributed by atoms with Gasteiger partial charge in [-0.05, 0) is 43.2 Å². The number of benzene rings is 1. The topological polar surface area (TPSA) is 111 Å². The Bertz CT molecular complexity index is 1250. The van der Waals surface area contributed by atoms with Gasteiger partial charge >= 0.3 is 6.18 Å². The molecule has 1 fully saturated rings. The number of nitrogens with one attached hydrogen (secondary N) is 1. The second-order valence-electron chi connectivity index (χ2n) is 8.39. The largest absolute Gasteiger partial charge is 0.484 e. The maximum atomic E-state index is 13.2. The van der Waals surface area contributed by atoms with E-state index in [-0.39, 0.29) is 17.0 Å². The van der Waals surface area contributed by atoms with Gasteiger partial charge in [0.1, 0.15) is 17.0 Å². The molecule has 0 unspecified atom stereocenters. The molecule has 35 heavy (non-hydrogen) atoms. The van der Waals surface area contributed by atoms with Crippen LogP contribution in [0.5, 0.6) is 5.75 Å². The molecule has 4 rings (SSSR count). The van der Waals surface area contributed by atoms with E-state index in [1.165, 1.54) is 41.2 Å². The molecule has 2 atom stereocenters. The number of alkyl halides is 3. The van der Waals surface area contributed by atoms with Gasteiger partial charge in [-0.2, -0.15) is 28.1 Å². The maximum Gasteiger partial charge on any atom is 0.422 e. The average Bonchev–Trinajstić information content (AvgIpc) is 3.25. The number of halogens is 3. The normalized spacial score (nSPS) is 18.3. The van der Waals surface area contributed by atoms with E-state index in [1.807, 2.05) is 0 Å². The van der Waals surface area contributed by atoms with Crippen molar-refractivity contribution in [3.8, 4) is 22.7 Å². The van der Waals surface area contributed by atoms with E-state index in [9.17, 15) is 27.9 Å². The highest BCUT2D eigenvalue weighted by Gasteiger charge is 2.29. The van der Waals surface area contributed by atoms with E-state index < -0.39 is 36.4 Å². The van der Waals surface area contributed by atoms with Gasteiger partial charge in [0.15, 0.2) is 6.61 Å². The number of nitrogens with zero attached hydrogens (tertiary/aromatic N) is 4. The van der Waals surface area contributed by atoms with Gasteiger partial charge in [0.05, 0.1) is 30.2 Å². The summed E-state index contributed by atoms with van der Waals surface area (Å²) in [5.41, 5.74) is 0.166. The minimum absolute atomic E-state index is 0.0101. The average molecular weight is 491 g/mol. The molecule has 9 nitrogen and oxygen atoms in total. The molecule has 0 saturated heterocycles. The predicted molar refractivity (Wildman–Crippen MR) is 119 cm³/mol. The molecule has 3 aromatic rings. The minimum atomic E-state index is -4.46. The number of aryl methyl sites for hydroxylation is 1. The van der Waals surface area contributed by atoms with Crippen LogP contribution in [0.25, 0.3) is 16.9 Å². The molecule has 1 saturated carbocycles. The molecule has 0 spiro atoms. The second-order valence-corrected chi connectivity index (χ2v) is 8.39. The lowest BCUT2D eigenvalue weighted by Gasteiger charge is -2.28. The van der Waals surface area contributed by atoms with Gasteiger partial charge in [-0.15, -0.1) is 0 Å². The van der Waals surface area contributed by atoms with Gasteiger partial charge in [0.2, 0.25) is 0 Å². The van der Waals surface area contributed by atoms with Gasteiger partial charge in [-0.3, -0.25) is 14.3 Å². The quantitative estimate of drug-likeness (QED) is 0.549. The Morgan fingerprint density at radius 3 is 2.57 bits per heavy atom. The zero-order chi connectivity index (χ0) is 25.2. The number of hydrogen-bond donors (Lipinski definition) is 2. The number of aromatic nitrogens is 4. The van der Waals surface area contributed by atoms with Crippen LogP contribution < -0.4 is 15.6 Å². The first-order chi connectivity index (χ1) is 16.6. The second kappa shape index (κ2) is 9.90. The molecule has 0 bridgehead atoms. The van der Waals surface area contributed by atoms with Crippen molar-refractivity contribution in [3.63, 3.8) is 0 Å². The predicted octanol–water partition coefficient (Wildman–Crippen LogP) is 2.61. The Morgan fingerprint density at radius 2 is 1.94 bits per heavy atom. The molecule has 2 heterocycles. The molecule has 1 aliphatic carbocycles. The molecule has 0 aliphatic heterocycles. The van der Waals surface area contributed by atoms with Crippen LogP contribution >= 0.6 is 0 Å². The highest BCUT2D eigenvalue weighted by atomic mass is 19.4. The third-order valence-electron chi connectivity index (χ3n) is 5.69. The van der Waals surface area contributed by atoms with Gasteiger partial charge in [0, 0.05) is 12.6 Å². The highest BCUT2D eigenvalue weighted by Crippen LogP contribution is 2.24. The lowest BCUT2D eigenvalue weighted by molar-refractivity contribution is -0.153. The van der Waals surface area contributed by atoms with Crippen LogP contribution in [0.4, 0.5) is 13.2 Å². The van der Waals surface area contributed by atoms with Gasteiger partial charge in [0.25, 0.3) is 11.5 Å². The minimum Gasteiger partial charge on any atom is -0.484 e. The van der Waals surface area contributed by atoms with E-state index in [2.05, 4.69) is 15.5 Å². The van der Waals surface area contributed by atoms with Crippen molar-refractivity contribution >= 4 is 5.91 Å². The molecule has 1 aromatic carbocycles. The number of rotatable bonds is 6. The summed E-state index contributed by atoms with van der Waals surface area (Å²) in [5.74, 6) is -0.636. The van der Waals surface area contributed by atoms with Crippen molar-refractivity contribution in [1.82, 2.24) is 24.9 Å². The molecule has 12 heteroatoms. The first-order valence-electron chi connectivity index (χ1n) is 11.0. The first kappa shape index (κ1) is 24.5. The van der Waals surface area contributed by atoms with E-state index >= 15 is 0 Å². The molecule has 186 valence electrons. The number of amides is 1. The molecule has 2 N–H and O–H groups in total. The van der Waals surface area contributed by atoms with Gasteiger partial charge in [-0.25, -0.2) is 0 Å². The number of ether oxygens (including phenoxy) is 1. The third-order valence-corrected chi connectivity index (χ3v) is 5.69. The molecule has 2 aromatic heterocycles. The monoisotopic (exact) mass is 491 g/mol. The number of carbonyl (C=O) groups excluding carboxylic acids is 1. The van der Waals surface area contributed by atoms with Crippen LogP contribution in [0, 0.1) is 0 Å². The van der Waals surface area contributed by atoms with E-state index in [0.717, 1.165) is 17.5 Å². The fourth-order valence-corrected chi connectivity index (χ4v) is 3.90. The van der Waals surface area contributed by atoms with E-state index in [0.29, 0.717) is 24.1 Å². The lowest BCUT2D eigenvalue weighted by atomic mass is 9.92. The SMILES string of the molecule is Cn1cc(-n2nc(-c3ccc(OCC(F)(F)F)cc3)cc(C(=O)N[C@@H]3CCCC[C@@H]3O)c2=O)cn1. The molecule has 0 radical (unpaired) electrons. The summed E-state index contributed by atoms with van der Waals surface area (Å²) in [7, 11) is 1.66. The number of aliphatic hydroxyl groups excluding tert-OH is 1. The van der Waals surface area contributed by atoms with Gasteiger partial charge < -0.3 is 15.2 Å². The summed E-state index contributed by atoms with van der Waals surface area (Å²) in [5, 5.41) is 21.4. The molecule has 1 amide bonds. The van der Waals surface area contributed by atoms with Crippen molar-refractivity contribution in [2.45, 2.75) is 44.0 Å². The van der Waals surface area contributed by atoms with E-state index in [1.54, 1.807) is 13.2 Å². The Labute approximate surface area is 198 Å². The Balaban J connectivity index is 1.69. The van der Waals surface area contributed by atoms with Crippen LogP contribution in [0.3, 0.4) is 0 Å². The van der Waals surface area contributed by atoms with Crippen LogP contribution in [0.2, 0.25) is 0 Å². The lowest BCUT2D eigenvalue weighted by Crippen LogP contribution is -2.46. The van der Waals surface area contributed by atoms with Gasteiger partial charge in [-0.1, -0.05) is 12.8 Å². The molecular formula is C23H24F3N5O4. The Kier molecular flexibility index (Phi) is 6.92. The number of hydrogen-bond acceptors (Lipinski definition) is 6. The molecular weight excluding hydrogens is 467 g/mol. The number of aliphatic hydroxyl groups is 1. The van der Waals surface area contributed by atoms with Crippen LogP contribution in [0.15, 0.2) is 47.5 Å². The fraction of sp³-hybridized carbons (Fsp3) is 0.391. The van der Waals surface area contributed by atoms with Crippen LogP contribution in [-0.4, -0.2) is 55.5 Å². The Morgan fingerprint density at radius 1 is 1.23 bits per heavy atom. The van der Waals surface area contributed by atoms with Crippen LogP contribution in [-0.2, 0) is 7.05 Å². The van der Waals surface area contributed by atoms with Crippen molar-refractivity contribution in [2.24, 2.45) is 7.05 Å². The summed E-state index contributed by atoms with van der Waals surface area (Å²) >= 11 is 0.